The van der Waals surface area contributed by atoms with Crippen LogP contribution in [-0.2, 0) is 11.2 Å². The number of hydrogen-bond acceptors (Lipinski definition) is 4. The van der Waals surface area contributed by atoms with Crippen LogP contribution in [0.25, 0.3) is 11.1 Å². The van der Waals surface area contributed by atoms with Gasteiger partial charge in [0.1, 0.15) is 0 Å². The predicted molar refractivity (Wildman–Crippen MR) is 82.9 cm³/mol. The first-order chi connectivity index (χ1) is 10.6. The van der Waals surface area contributed by atoms with Gasteiger partial charge in [0.25, 0.3) is 0 Å². The Morgan fingerprint density at radius 1 is 1.00 bits per heavy atom. The van der Waals surface area contributed by atoms with Crippen LogP contribution >= 0.6 is 0 Å². The van der Waals surface area contributed by atoms with Crippen molar-refractivity contribution in [3.05, 3.63) is 42.0 Å². The van der Waals surface area contributed by atoms with Gasteiger partial charge in [-0.2, -0.15) is 0 Å². The first kappa shape index (κ1) is 15.7. The van der Waals surface area contributed by atoms with Gasteiger partial charge < -0.3 is 19.3 Å². The van der Waals surface area contributed by atoms with Crippen molar-refractivity contribution in [2.45, 2.75) is 6.42 Å². The fourth-order valence-electron chi connectivity index (χ4n) is 2.42. The molecule has 0 saturated carbocycles. The van der Waals surface area contributed by atoms with E-state index in [1.165, 1.54) is 21.3 Å². The van der Waals surface area contributed by atoms with Crippen molar-refractivity contribution in [3.63, 3.8) is 0 Å². The summed E-state index contributed by atoms with van der Waals surface area (Å²) in [5.41, 5.74) is 2.19. The second-order valence-corrected chi connectivity index (χ2v) is 4.61. The van der Waals surface area contributed by atoms with Crippen LogP contribution in [0.3, 0.4) is 0 Å². The Hall–Kier alpha value is -2.69. The first-order valence-corrected chi connectivity index (χ1v) is 6.71. The van der Waals surface area contributed by atoms with Crippen molar-refractivity contribution in [1.29, 1.82) is 0 Å². The number of ether oxygens (including phenoxy) is 3. The van der Waals surface area contributed by atoms with Crippen LogP contribution in [0, 0.1) is 0 Å². The predicted octanol–water partition coefficient (Wildman–Crippen LogP) is 3.01. The minimum Gasteiger partial charge on any atom is -0.493 e. The molecule has 0 spiro atoms. The summed E-state index contributed by atoms with van der Waals surface area (Å²) in [6.07, 6.45) is -0.173. The van der Waals surface area contributed by atoms with Gasteiger partial charge in [0.2, 0.25) is 5.75 Å². The van der Waals surface area contributed by atoms with Gasteiger partial charge in [-0.25, -0.2) is 0 Å². The number of hydrogen-bond donors (Lipinski definition) is 1. The number of rotatable bonds is 6. The van der Waals surface area contributed by atoms with Crippen LogP contribution in [0.4, 0.5) is 0 Å². The molecule has 2 rings (SSSR count). The van der Waals surface area contributed by atoms with Crippen molar-refractivity contribution in [2.24, 2.45) is 0 Å². The summed E-state index contributed by atoms with van der Waals surface area (Å²) < 4.78 is 16.1. The van der Waals surface area contributed by atoms with Gasteiger partial charge in [-0.3, -0.25) is 4.79 Å². The zero-order chi connectivity index (χ0) is 16.1. The number of aliphatic carboxylic acids is 1. The van der Waals surface area contributed by atoms with Crippen molar-refractivity contribution in [3.8, 4) is 28.4 Å². The van der Waals surface area contributed by atoms with Gasteiger partial charge in [0, 0.05) is 5.56 Å². The summed E-state index contributed by atoms with van der Waals surface area (Å²) in [6, 6.07) is 11.3. The Kier molecular flexibility index (Phi) is 4.88. The highest BCUT2D eigenvalue weighted by Crippen LogP contribution is 2.45. The van der Waals surface area contributed by atoms with Gasteiger partial charge in [-0.15, -0.1) is 0 Å². The molecule has 0 amide bonds. The molecule has 0 aromatic heterocycles. The van der Waals surface area contributed by atoms with Crippen LogP contribution < -0.4 is 14.2 Å². The normalized spacial score (nSPS) is 10.1. The standard InChI is InChI=1S/C17H18O5/c1-20-14-9-12(11-7-5-4-6-8-11)13(10-15(18)19)16(21-2)17(14)22-3/h4-9H,10H2,1-3H3,(H,18,19). The van der Waals surface area contributed by atoms with E-state index in [1.807, 2.05) is 30.3 Å². The lowest BCUT2D eigenvalue weighted by molar-refractivity contribution is -0.136. The van der Waals surface area contributed by atoms with E-state index >= 15 is 0 Å². The van der Waals surface area contributed by atoms with E-state index in [0.717, 1.165) is 11.1 Å². The van der Waals surface area contributed by atoms with Gasteiger partial charge in [-0.1, -0.05) is 30.3 Å². The highest BCUT2D eigenvalue weighted by molar-refractivity contribution is 5.82. The molecule has 0 radical (unpaired) electrons. The lowest BCUT2D eigenvalue weighted by Gasteiger charge is -2.19. The fourth-order valence-corrected chi connectivity index (χ4v) is 2.42. The molecule has 22 heavy (non-hydrogen) atoms. The molecule has 0 bridgehead atoms. The Balaban J connectivity index is 2.77. The third kappa shape index (κ3) is 2.98. The molecule has 5 heteroatoms. The van der Waals surface area contributed by atoms with Crippen molar-refractivity contribution >= 4 is 5.97 Å². The summed E-state index contributed by atoms with van der Waals surface area (Å²) in [7, 11) is 4.51. The maximum atomic E-state index is 11.2. The molecule has 0 heterocycles. The molecule has 0 aliphatic heterocycles. The SMILES string of the molecule is COc1cc(-c2ccccc2)c(CC(=O)O)c(OC)c1OC. The van der Waals surface area contributed by atoms with Gasteiger partial charge in [0.15, 0.2) is 11.5 Å². The zero-order valence-electron chi connectivity index (χ0n) is 12.8. The van der Waals surface area contributed by atoms with E-state index in [9.17, 15) is 9.90 Å². The highest BCUT2D eigenvalue weighted by atomic mass is 16.5. The molecule has 116 valence electrons. The summed E-state index contributed by atoms with van der Waals surface area (Å²) in [5.74, 6) is 0.319. The van der Waals surface area contributed by atoms with Crippen LogP contribution in [0.15, 0.2) is 36.4 Å². The number of carboxylic acids is 1. The fraction of sp³-hybridized carbons (Fsp3) is 0.235. The van der Waals surface area contributed by atoms with Crippen LogP contribution in [-0.4, -0.2) is 32.4 Å². The molecular formula is C17H18O5. The maximum absolute atomic E-state index is 11.2. The summed E-state index contributed by atoms with van der Waals surface area (Å²) in [5, 5.41) is 9.22. The Morgan fingerprint density at radius 2 is 1.64 bits per heavy atom. The molecule has 0 unspecified atom stereocenters. The second kappa shape index (κ2) is 6.85. The Labute approximate surface area is 129 Å². The number of methoxy groups -OCH3 is 3. The lowest BCUT2D eigenvalue weighted by atomic mass is 9.95. The van der Waals surface area contributed by atoms with Gasteiger partial charge in [0.05, 0.1) is 27.8 Å². The van der Waals surface area contributed by atoms with Crippen LogP contribution in [0.2, 0.25) is 0 Å². The average Bonchev–Trinajstić information content (AvgIpc) is 2.54. The molecule has 0 aliphatic rings. The van der Waals surface area contributed by atoms with E-state index in [2.05, 4.69) is 0 Å². The van der Waals surface area contributed by atoms with E-state index in [4.69, 9.17) is 14.2 Å². The van der Waals surface area contributed by atoms with E-state index in [-0.39, 0.29) is 6.42 Å². The molecule has 2 aromatic rings. The third-order valence-corrected chi connectivity index (χ3v) is 3.35. The average molecular weight is 302 g/mol. The van der Waals surface area contributed by atoms with Crippen molar-refractivity contribution in [1.82, 2.24) is 0 Å². The lowest BCUT2D eigenvalue weighted by Crippen LogP contribution is -2.07. The van der Waals surface area contributed by atoms with Crippen molar-refractivity contribution in [2.75, 3.05) is 21.3 Å². The number of carbonyl (C=O) groups is 1. The van der Waals surface area contributed by atoms with Crippen LogP contribution in [0.1, 0.15) is 5.56 Å². The van der Waals surface area contributed by atoms with E-state index in [0.29, 0.717) is 22.8 Å². The quantitative estimate of drug-likeness (QED) is 0.888. The molecule has 5 nitrogen and oxygen atoms in total. The largest absolute Gasteiger partial charge is 0.493 e. The summed E-state index contributed by atoms with van der Waals surface area (Å²) in [4.78, 5) is 11.2. The minimum atomic E-state index is -0.942. The van der Waals surface area contributed by atoms with Gasteiger partial charge >= 0.3 is 5.97 Å². The molecule has 0 fully saturated rings. The number of benzene rings is 2. The molecule has 2 aromatic carbocycles. The Morgan fingerprint density at radius 3 is 2.14 bits per heavy atom. The summed E-state index contributed by atoms with van der Waals surface area (Å²) >= 11 is 0. The summed E-state index contributed by atoms with van der Waals surface area (Å²) in [6.45, 7) is 0. The van der Waals surface area contributed by atoms with Crippen molar-refractivity contribution < 1.29 is 24.1 Å². The monoisotopic (exact) mass is 302 g/mol. The smallest absolute Gasteiger partial charge is 0.307 e. The molecule has 0 atom stereocenters. The maximum Gasteiger partial charge on any atom is 0.307 e. The molecular weight excluding hydrogens is 284 g/mol. The Bertz CT molecular complexity index is 664. The minimum absolute atomic E-state index is 0.173. The van der Waals surface area contributed by atoms with Crippen LogP contribution in [0.5, 0.6) is 17.2 Å². The molecule has 0 aliphatic carbocycles. The van der Waals surface area contributed by atoms with E-state index < -0.39 is 5.97 Å². The van der Waals surface area contributed by atoms with Gasteiger partial charge in [-0.05, 0) is 17.2 Å². The first-order valence-electron chi connectivity index (χ1n) is 6.71. The second-order valence-electron chi connectivity index (χ2n) is 4.61. The number of carboxylic acid groups (broad SMARTS) is 1. The topological polar surface area (TPSA) is 65.0 Å². The molecule has 0 saturated heterocycles. The highest BCUT2D eigenvalue weighted by Gasteiger charge is 2.22. The third-order valence-electron chi connectivity index (χ3n) is 3.35. The zero-order valence-corrected chi connectivity index (χ0v) is 12.8. The van der Waals surface area contributed by atoms with E-state index in [1.54, 1.807) is 6.07 Å². The molecule has 1 N–H and O–H groups in total.